The third-order valence-electron chi connectivity index (χ3n) is 5.04. The van der Waals surface area contributed by atoms with E-state index in [4.69, 9.17) is 14.6 Å². The van der Waals surface area contributed by atoms with Gasteiger partial charge in [-0.3, -0.25) is 4.79 Å². The number of rotatable bonds is 6. The van der Waals surface area contributed by atoms with E-state index in [1.807, 2.05) is 42.7 Å². The van der Waals surface area contributed by atoms with E-state index < -0.39 is 10.0 Å². The number of carbonyl (C=O) groups is 1. The molecule has 3 aromatic rings. The number of nitrogens with two attached hydrogens (primary N) is 1. The number of hydrogen-bond donors (Lipinski definition) is 1. The molecule has 2 heterocycles. The molecule has 2 N–H and O–H groups in total. The molecule has 0 unspecified atom stereocenters. The molecule has 1 aliphatic heterocycles. The number of thioether (sulfide) groups is 1. The van der Waals surface area contributed by atoms with E-state index in [-0.39, 0.29) is 16.4 Å². The number of carbonyl (C=O) groups excluding carboxylic acids is 1. The van der Waals surface area contributed by atoms with Crippen LogP contribution in [0.4, 0.5) is 0 Å². The van der Waals surface area contributed by atoms with Gasteiger partial charge in [0.1, 0.15) is 13.2 Å². The number of primary sulfonamides is 1. The van der Waals surface area contributed by atoms with Gasteiger partial charge in [0.05, 0.1) is 10.6 Å². The predicted octanol–water partition coefficient (Wildman–Crippen LogP) is 3.49. The quantitative estimate of drug-likeness (QED) is 0.448. The summed E-state index contributed by atoms with van der Waals surface area (Å²) in [5.74, 6) is 1.72. The molecule has 0 bridgehead atoms. The number of Topliss-reactive ketones (excluding diaryl/α,β-unsaturated/α-hetero) is 1. The molecule has 162 valence electrons. The molecule has 31 heavy (non-hydrogen) atoms. The molecular formula is C22H22N2O5S2. The summed E-state index contributed by atoms with van der Waals surface area (Å²) in [6, 6.07) is 13.8. The lowest BCUT2D eigenvalue weighted by Gasteiger charge is -2.18. The lowest BCUT2D eigenvalue weighted by atomic mass is 10.2. The summed E-state index contributed by atoms with van der Waals surface area (Å²) in [6.07, 6.45) is 0. The van der Waals surface area contributed by atoms with Crippen molar-refractivity contribution < 1.29 is 22.7 Å². The van der Waals surface area contributed by atoms with Crippen LogP contribution in [0.15, 0.2) is 58.3 Å². The number of nitrogens with zero attached hydrogens (tertiary/aromatic N) is 1. The van der Waals surface area contributed by atoms with Crippen molar-refractivity contribution in [3.63, 3.8) is 0 Å². The van der Waals surface area contributed by atoms with Crippen molar-refractivity contribution in [3.8, 4) is 17.2 Å². The summed E-state index contributed by atoms with van der Waals surface area (Å²) >= 11 is 1.45. The predicted molar refractivity (Wildman–Crippen MR) is 119 cm³/mol. The fourth-order valence-electron chi connectivity index (χ4n) is 3.57. The normalized spacial score (nSPS) is 13.3. The first-order chi connectivity index (χ1) is 14.7. The molecule has 0 atom stereocenters. The summed E-state index contributed by atoms with van der Waals surface area (Å²) < 4.78 is 36.0. The molecule has 7 nitrogen and oxygen atoms in total. The number of sulfonamides is 1. The first-order valence-corrected chi connectivity index (χ1v) is 12.1. The molecular weight excluding hydrogens is 436 g/mol. The van der Waals surface area contributed by atoms with Crippen molar-refractivity contribution >= 4 is 27.6 Å². The first kappa shape index (κ1) is 21.5. The molecule has 0 radical (unpaired) electrons. The second-order valence-corrected chi connectivity index (χ2v) is 9.79. The minimum atomic E-state index is -3.75. The molecule has 0 saturated heterocycles. The number of ketones is 1. The second kappa shape index (κ2) is 8.41. The van der Waals surface area contributed by atoms with Crippen LogP contribution in [0.25, 0.3) is 5.69 Å². The van der Waals surface area contributed by atoms with Gasteiger partial charge < -0.3 is 14.0 Å². The van der Waals surface area contributed by atoms with Crippen LogP contribution in [0.3, 0.4) is 0 Å². The average molecular weight is 459 g/mol. The number of ether oxygens (including phenoxy) is 2. The summed E-state index contributed by atoms with van der Waals surface area (Å²) in [5.41, 5.74) is 3.08. The topological polar surface area (TPSA) is 101 Å². The number of benzene rings is 2. The maximum Gasteiger partial charge on any atom is 0.238 e. The van der Waals surface area contributed by atoms with Gasteiger partial charge in [-0.05, 0) is 62.4 Å². The van der Waals surface area contributed by atoms with Crippen LogP contribution in [0, 0.1) is 13.8 Å². The monoisotopic (exact) mass is 458 g/mol. The Kier molecular flexibility index (Phi) is 5.83. The molecule has 0 amide bonds. The van der Waals surface area contributed by atoms with E-state index in [2.05, 4.69) is 0 Å². The molecule has 0 aliphatic carbocycles. The summed E-state index contributed by atoms with van der Waals surface area (Å²) in [5, 5.41) is 5.17. The van der Waals surface area contributed by atoms with Crippen LogP contribution in [-0.4, -0.2) is 37.7 Å². The van der Waals surface area contributed by atoms with Gasteiger partial charge in [-0.1, -0.05) is 0 Å². The Morgan fingerprint density at radius 1 is 1.03 bits per heavy atom. The van der Waals surface area contributed by atoms with E-state index in [1.54, 1.807) is 12.1 Å². The van der Waals surface area contributed by atoms with Gasteiger partial charge in [0, 0.05) is 27.5 Å². The maximum atomic E-state index is 12.9. The minimum absolute atomic E-state index is 0.0143. The van der Waals surface area contributed by atoms with Gasteiger partial charge in [0.2, 0.25) is 10.0 Å². The van der Waals surface area contributed by atoms with Crippen molar-refractivity contribution in [3.05, 3.63) is 65.5 Å². The van der Waals surface area contributed by atoms with Crippen molar-refractivity contribution in [2.45, 2.75) is 23.6 Å². The van der Waals surface area contributed by atoms with Crippen molar-refractivity contribution in [2.24, 2.45) is 5.14 Å². The Bertz CT molecular complexity index is 1250. The molecule has 1 aromatic heterocycles. The van der Waals surface area contributed by atoms with Gasteiger partial charge in [-0.25, -0.2) is 13.6 Å². The lowest BCUT2D eigenvalue weighted by Crippen LogP contribution is -2.15. The Balaban J connectivity index is 1.52. The average Bonchev–Trinajstić information content (AvgIpc) is 3.05. The zero-order valence-corrected chi connectivity index (χ0v) is 18.8. The fourth-order valence-corrected chi connectivity index (χ4v) is 4.89. The van der Waals surface area contributed by atoms with Crippen LogP contribution in [0.2, 0.25) is 0 Å². The van der Waals surface area contributed by atoms with E-state index in [1.165, 1.54) is 23.9 Å². The van der Waals surface area contributed by atoms with E-state index in [0.29, 0.717) is 24.5 Å². The Labute approximate surface area is 185 Å². The highest BCUT2D eigenvalue weighted by Crippen LogP contribution is 2.34. The maximum absolute atomic E-state index is 12.9. The van der Waals surface area contributed by atoms with Gasteiger partial charge in [-0.15, -0.1) is 11.8 Å². The first-order valence-electron chi connectivity index (χ1n) is 9.62. The summed E-state index contributed by atoms with van der Waals surface area (Å²) in [7, 11) is -3.75. The van der Waals surface area contributed by atoms with Crippen LogP contribution in [-0.2, 0) is 10.0 Å². The van der Waals surface area contributed by atoms with Crippen molar-refractivity contribution in [1.82, 2.24) is 4.57 Å². The molecule has 9 heteroatoms. The zero-order valence-electron chi connectivity index (χ0n) is 17.1. The Morgan fingerprint density at radius 2 is 1.71 bits per heavy atom. The van der Waals surface area contributed by atoms with Crippen molar-refractivity contribution in [1.29, 1.82) is 0 Å². The van der Waals surface area contributed by atoms with Crippen LogP contribution in [0.1, 0.15) is 21.7 Å². The molecule has 4 rings (SSSR count). The summed E-state index contributed by atoms with van der Waals surface area (Å²) in [6.45, 7) is 4.84. The van der Waals surface area contributed by atoms with Crippen molar-refractivity contribution in [2.75, 3.05) is 19.0 Å². The molecule has 0 spiro atoms. The second-order valence-electron chi connectivity index (χ2n) is 7.18. The van der Waals surface area contributed by atoms with E-state index in [9.17, 15) is 13.2 Å². The van der Waals surface area contributed by atoms with Gasteiger partial charge >= 0.3 is 0 Å². The third kappa shape index (κ3) is 4.48. The summed E-state index contributed by atoms with van der Waals surface area (Å²) in [4.78, 5) is 13.9. The van der Waals surface area contributed by atoms with E-state index in [0.717, 1.165) is 27.7 Å². The Hall–Kier alpha value is -2.75. The third-order valence-corrected chi connectivity index (χ3v) is 6.96. The number of aromatic nitrogens is 1. The standard InChI is InChI=1S/C22H22N2O5S2/c1-14-11-19(15(2)24(14)16-3-6-18(7-4-16)31(23,26)27)20(25)13-30-17-5-8-21-22(12-17)29-10-9-28-21/h3-8,11-12H,9-10,13H2,1-2H3,(H2,23,26,27). The van der Waals surface area contributed by atoms with Gasteiger partial charge in [-0.2, -0.15) is 0 Å². The highest BCUT2D eigenvalue weighted by Gasteiger charge is 2.18. The molecule has 0 fully saturated rings. The highest BCUT2D eigenvalue weighted by molar-refractivity contribution is 8.00. The van der Waals surface area contributed by atoms with Crippen LogP contribution >= 0.6 is 11.8 Å². The highest BCUT2D eigenvalue weighted by atomic mass is 32.2. The smallest absolute Gasteiger partial charge is 0.238 e. The lowest BCUT2D eigenvalue weighted by molar-refractivity contribution is 0.102. The van der Waals surface area contributed by atoms with Crippen LogP contribution < -0.4 is 14.6 Å². The van der Waals surface area contributed by atoms with Gasteiger partial charge in [0.25, 0.3) is 0 Å². The molecule has 0 saturated carbocycles. The SMILES string of the molecule is Cc1cc(C(=O)CSc2ccc3c(c2)OCCO3)c(C)n1-c1ccc(S(N)(=O)=O)cc1. The largest absolute Gasteiger partial charge is 0.486 e. The zero-order chi connectivity index (χ0) is 22.2. The fraction of sp³-hybridized carbons (Fsp3) is 0.227. The van der Waals surface area contributed by atoms with E-state index >= 15 is 0 Å². The number of hydrogen-bond acceptors (Lipinski definition) is 6. The number of aryl methyl sites for hydroxylation is 1. The molecule has 2 aromatic carbocycles. The number of fused-ring (bicyclic) bond motifs is 1. The Morgan fingerprint density at radius 3 is 2.39 bits per heavy atom. The minimum Gasteiger partial charge on any atom is -0.486 e. The van der Waals surface area contributed by atoms with Crippen LogP contribution in [0.5, 0.6) is 11.5 Å². The molecule has 1 aliphatic rings. The van der Waals surface area contributed by atoms with Gasteiger partial charge in [0.15, 0.2) is 17.3 Å².